The lowest BCUT2D eigenvalue weighted by Crippen LogP contribution is -2.44. The minimum absolute atomic E-state index is 0.0564. The van der Waals surface area contributed by atoms with Crippen LogP contribution in [0.15, 0.2) is 0 Å². The maximum absolute atomic E-state index is 11.9. The summed E-state index contributed by atoms with van der Waals surface area (Å²) < 4.78 is 5.35. The molecule has 120 valence electrons. The fourth-order valence-electron chi connectivity index (χ4n) is 3.16. The van der Waals surface area contributed by atoms with Gasteiger partial charge in [0.1, 0.15) is 5.82 Å². The molecule has 0 aromatic carbocycles. The predicted molar refractivity (Wildman–Crippen MR) is 82.7 cm³/mol. The molecule has 2 aliphatic rings. The van der Waals surface area contributed by atoms with Crippen LogP contribution in [0.3, 0.4) is 0 Å². The van der Waals surface area contributed by atoms with E-state index in [-0.39, 0.29) is 11.9 Å². The number of amides is 1. The van der Waals surface area contributed by atoms with Gasteiger partial charge in [0, 0.05) is 43.4 Å². The van der Waals surface area contributed by atoms with Crippen molar-refractivity contribution in [2.24, 2.45) is 0 Å². The molecule has 1 saturated heterocycles. The van der Waals surface area contributed by atoms with Crippen LogP contribution in [0.5, 0.6) is 0 Å². The normalized spacial score (nSPS) is 20.7. The monoisotopic (exact) mass is 304 g/mol. The molecule has 2 heterocycles. The van der Waals surface area contributed by atoms with Crippen molar-refractivity contribution in [1.82, 2.24) is 20.6 Å². The molecule has 1 aliphatic carbocycles. The third kappa shape index (κ3) is 3.81. The standard InChI is InChI=1S/C16H24N4O2/c1-11-13-3-2-4-14(13)20-15(19-11)5-6-18-16(21)9-12-10-22-8-7-17-12/h12,17H,2-10H2,1H3,(H,18,21)/t12-/m0/s1. The van der Waals surface area contributed by atoms with Gasteiger partial charge in [0.05, 0.1) is 13.2 Å². The second-order valence-electron chi connectivity index (χ2n) is 6.03. The first-order chi connectivity index (χ1) is 10.7. The number of nitrogens with zero attached hydrogens (tertiary/aromatic N) is 2. The highest BCUT2D eigenvalue weighted by Gasteiger charge is 2.18. The molecule has 1 aromatic heterocycles. The van der Waals surface area contributed by atoms with Crippen molar-refractivity contribution in [3.8, 4) is 0 Å². The van der Waals surface area contributed by atoms with Gasteiger partial charge < -0.3 is 15.4 Å². The zero-order valence-corrected chi connectivity index (χ0v) is 13.2. The van der Waals surface area contributed by atoms with Crippen LogP contribution < -0.4 is 10.6 Å². The Hall–Kier alpha value is -1.53. The molecular formula is C16H24N4O2. The Bertz CT molecular complexity index is 541. The van der Waals surface area contributed by atoms with Crippen LogP contribution in [0.4, 0.5) is 0 Å². The Kier molecular flexibility index (Phi) is 5.00. The molecule has 1 atom stereocenters. The number of rotatable bonds is 5. The van der Waals surface area contributed by atoms with Crippen molar-refractivity contribution in [2.45, 2.75) is 45.1 Å². The Labute approximate surface area is 131 Å². The van der Waals surface area contributed by atoms with Gasteiger partial charge in [0.25, 0.3) is 0 Å². The van der Waals surface area contributed by atoms with Crippen LogP contribution in [-0.2, 0) is 28.8 Å². The lowest BCUT2D eigenvalue weighted by atomic mass is 10.2. The average molecular weight is 304 g/mol. The van der Waals surface area contributed by atoms with E-state index < -0.39 is 0 Å². The number of hydrogen-bond acceptors (Lipinski definition) is 5. The lowest BCUT2D eigenvalue weighted by molar-refractivity contribution is -0.122. The van der Waals surface area contributed by atoms with Gasteiger partial charge in [-0.25, -0.2) is 9.97 Å². The van der Waals surface area contributed by atoms with Crippen LogP contribution >= 0.6 is 0 Å². The number of morpholine rings is 1. The van der Waals surface area contributed by atoms with Crippen molar-refractivity contribution >= 4 is 5.91 Å². The molecule has 0 spiro atoms. The molecule has 1 aliphatic heterocycles. The van der Waals surface area contributed by atoms with Crippen LogP contribution in [0.25, 0.3) is 0 Å². The Morgan fingerprint density at radius 2 is 2.32 bits per heavy atom. The first-order valence-corrected chi connectivity index (χ1v) is 8.15. The van der Waals surface area contributed by atoms with Crippen molar-refractivity contribution < 1.29 is 9.53 Å². The molecule has 0 radical (unpaired) electrons. The van der Waals surface area contributed by atoms with E-state index >= 15 is 0 Å². The fourth-order valence-corrected chi connectivity index (χ4v) is 3.16. The van der Waals surface area contributed by atoms with Gasteiger partial charge in [0.15, 0.2) is 0 Å². The first kappa shape index (κ1) is 15.4. The van der Waals surface area contributed by atoms with Crippen LogP contribution in [0.2, 0.25) is 0 Å². The second kappa shape index (κ2) is 7.15. The minimum Gasteiger partial charge on any atom is -0.378 e. The molecule has 1 fully saturated rings. The summed E-state index contributed by atoms with van der Waals surface area (Å²) in [5.74, 6) is 0.901. The molecule has 2 N–H and O–H groups in total. The molecule has 6 heteroatoms. The Morgan fingerprint density at radius 3 is 3.14 bits per heavy atom. The largest absolute Gasteiger partial charge is 0.378 e. The molecular weight excluding hydrogens is 280 g/mol. The topological polar surface area (TPSA) is 76.1 Å². The van der Waals surface area contributed by atoms with Gasteiger partial charge in [0.2, 0.25) is 5.91 Å². The van der Waals surface area contributed by atoms with Crippen molar-refractivity contribution in [3.63, 3.8) is 0 Å². The summed E-state index contributed by atoms with van der Waals surface area (Å²) in [5, 5.41) is 6.23. The SMILES string of the molecule is Cc1nc(CCNC(=O)C[C@H]2COCCN2)nc2c1CCC2. The van der Waals surface area contributed by atoms with Crippen molar-refractivity contribution in [3.05, 3.63) is 22.8 Å². The van der Waals surface area contributed by atoms with Gasteiger partial charge >= 0.3 is 0 Å². The highest BCUT2D eigenvalue weighted by atomic mass is 16.5. The Morgan fingerprint density at radius 1 is 1.41 bits per heavy atom. The third-order valence-corrected chi connectivity index (χ3v) is 4.29. The van der Waals surface area contributed by atoms with E-state index in [2.05, 4.69) is 27.5 Å². The van der Waals surface area contributed by atoms with Gasteiger partial charge in [-0.05, 0) is 31.7 Å². The summed E-state index contributed by atoms with van der Waals surface area (Å²) in [5.41, 5.74) is 3.64. The number of aromatic nitrogens is 2. The first-order valence-electron chi connectivity index (χ1n) is 8.15. The second-order valence-corrected chi connectivity index (χ2v) is 6.03. The Balaban J connectivity index is 1.44. The zero-order valence-electron chi connectivity index (χ0n) is 13.2. The van der Waals surface area contributed by atoms with Crippen molar-refractivity contribution in [1.29, 1.82) is 0 Å². The molecule has 1 amide bonds. The summed E-state index contributed by atoms with van der Waals surface area (Å²) >= 11 is 0. The number of carbonyl (C=O) groups is 1. The minimum atomic E-state index is 0.0564. The van der Waals surface area contributed by atoms with Gasteiger partial charge in [-0.2, -0.15) is 0 Å². The van der Waals surface area contributed by atoms with Crippen LogP contribution in [0, 0.1) is 6.92 Å². The smallest absolute Gasteiger partial charge is 0.221 e. The molecule has 22 heavy (non-hydrogen) atoms. The maximum atomic E-state index is 11.9. The fraction of sp³-hybridized carbons (Fsp3) is 0.688. The molecule has 0 bridgehead atoms. The van der Waals surface area contributed by atoms with E-state index in [1.807, 2.05) is 0 Å². The van der Waals surface area contributed by atoms with E-state index in [4.69, 9.17) is 4.74 Å². The zero-order chi connectivity index (χ0) is 15.4. The molecule has 3 rings (SSSR count). The highest BCUT2D eigenvalue weighted by molar-refractivity contribution is 5.76. The molecule has 0 unspecified atom stereocenters. The van der Waals surface area contributed by atoms with E-state index in [0.717, 1.165) is 37.5 Å². The lowest BCUT2D eigenvalue weighted by Gasteiger charge is -2.23. The van der Waals surface area contributed by atoms with Gasteiger partial charge in [-0.1, -0.05) is 0 Å². The maximum Gasteiger partial charge on any atom is 0.221 e. The average Bonchev–Trinajstić information content (AvgIpc) is 2.97. The number of fused-ring (bicyclic) bond motifs is 1. The van der Waals surface area contributed by atoms with E-state index in [1.165, 1.54) is 17.7 Å². The van der Waals surface area contributed by atoms with Crippen LogP contribution in [-0.4, -0.2) is 48.2 Å². The quantitative estimate of drug-likeness (QED) is 0.819. The van der Waals surface area contributed by atoms with Crippen LogP contribution in [0.1, 0.15) is 35.6 Å². The summed E-state index contributed by atoms with van der Waals surface area (Å²) in [7, 11) is 0. The third-order valence-electron chi connectivity index (χ3n) is 4.29. The van der Waals surface area contributed by atoms with E-state index in [9.17, 15) is 4.79 Å². The van der Waals surface area contributed by atoms with Crippen molar-refractivity contribution in [2.75, 3.05) is 26.3 Å². The summed E-state index contributed by atoms with van der Waals surface area (Å²) in [4.78, 5) is 21.1. The molecule has 1 aromatic rings. The summed E-state index contributed by atoms with van der Waals surface area (Å²) in [6.07, 6.45) is 4.50. The number of carbonyl (C=O) groups excluding carboxylic acids is 1. The predicted octanol–water partition coefficient (Wildman–Crippen LogP) is 0.311. The highest BCUT2D eigenvalue weighted by Crippen LogP contribution is 2.22. The number of aryl methyl sites for hydroxylation is 2. The number of ether oxygens (including phenoxy) is 1. The number of hydrogen-bond donors (Lipinski definition) is 2. The number of nitrogens with one attached hydrogen (secondary N) is 2. The molecule has 0 saturated carbocycles. The van der Waals surface area contributed by atoms with E-state index in [1.54, 1.807) is 0 Å². The van der Waals surface area contributed by atoms with Gasteiger partial charge in [-0.3, -0.25) is 4.79 Å². The summed E-state index contributed by atoms with van der Waals surface area (Å²) in [6, 6.07) is 0.132. The van der Waals surface area contributed by atoms with Gasteiger partial charge in [-0.15, -0.1) is 0 Å². The van der Waals surface area contributed by atoms with E-state index in [0.29, 0.717) is 26.0 Å². The molecule has 6 nitrogen and oxygen atoms in total. The summed E-state index contributed by atoms with van der Waals surface area (Å²) in [6.45, 7) is 4.81.